The summed E-state index contributed by atoms with van der Waals surface area (Å²) in [5.41, 5.74) is 8.43. The fourth-order valence-electron chi connectivity index (χ4n) is 3.14. The quantitative estimate of drug-likeness (QED) is 0.861. The maximum atomic E-state index is 12.2. The minimum absolute atomic E-state index is 0.236. The van der Waals surface area contributed by atoms with Crippen molar-refractivity contribution in [2.24, 2.45) is 0 Å². The number of nitrogen functional groups attached to an aromatic ring is 1. The van der Waals surface area contributed by atoms with Crippen LogP contribution >= 0.6 is 0 Å². The van der Waals surface area contributed by atoms with Gasteiger partial charge in [-0.2, -0.15) is 0 Å². The van der Waals surface area contributed by atoms with Gasteiger partial charge in [0.05, 0.1) is 16.9 Å². The molecule has 1 aliphatic heterocycles. The first-order chi connectivity index (χ1) is 11.3. The third-order valence-electron chi connectivity index (χ3n) is 4.32. The van der Waals surface area contributed by atoms with Gasteiger partial charge in [-0.25, -0.2) is 4.79 Å². The van der Waals surface area contributed by atoms with E-state index in [1.54, 1.807) is 4.90 Å². The maximum Gasteiger partial charge on any atom is 0.410 e. The number of nitrogens with two attached hydrogens (primary N) is 1. The molecular weight excluding hydrogens is 302 g/mol. The number of piperidine rings is 1. The van der Waals surface area contributed by atoms with Crippen LogP contribution in [-0.4, -0.2) is 34.7 Å². The van der Waals surface area contributed by atoms with Crippen molar-refractivity contribution in [1.82, 2.24) is 9.88 Å². The Balaban J connectivity index is 1.71. The van der Waals surface area contributed by atoms with Crippen LogP contribution in [0, 0.1) is 0 Å². The molecular formula is C19H25N3O2. The van der Waals surface area contributed by atoms with Crippen LogP contribution < -0.4 is 5.73 Å². The molecule has 1 aliphatic rings. The fraction of sp³-hybridized carbons (Fsp3) is 0.474. The Labute approximate surface area is 142 Å². The molecule has 2 aromatic rings. The molecule has 1 saturated heterocycles. The molecule has 0 unspecified atom stereocenters. The minimum Gasteiger partial charge on any atom is -0.444 e. The summed E-state index contributed by atoms with van der Waals surface area (Å²) >= 11 is 0. The van der Waals surface area contributed by atoms with Crippen molar-refractivity contribution in [1.29, 1.82) is 0 Å². The summed E-state index contributed by atoms with van der Waals surface area (Å²) < 4.78 is 5.45. The number of hydrogen-bond acceptors (Lipinski definition) is 4. The minimum atomic E-state index is -0.460. The summed E-state index contributed by atoms with van der Waals surface area (Å²) in [6, 6.07) is 10.0. The molecule has 0 bridgehead atoms. The second kappa shape index (κ2) is 6.30. The molecule has 1 fully saturated rings. The SMILES string of the molecule is CC(C)(C)OC(=O)N1CCC(c2nc3ccccc3cc2N)CC1. The van der Waals surface area contributed by atoms with Gasteiger partial charge in [-0.05, 0) is 45.7 Å². The lowest BCUT2D eigenvalue weighted by molar-refractivity contribution is 0.0204. The van der Waals surface area contributed by atoms with Crippen LogP contribution in [0.4, 0.5) is 10.5 Å². The smallest absolute Gasteiger partial charge is 0.410 e. The normalized spacial score (nSPS) is 16.4. The van der Waals surface area contributed by atoms with Gasteiger partial charge in [-0.15, -0.1) is 0 Å². The van der Waals surface area contributed by atoms with Gasteiger partial charge < -0.3 is 15.4 Å². The van der Waals surface area contributed by atoms with E-state index in [0.717, 1.165) is 35.1 Å². The zero-order valence-electron chi connectivity index (χ0n) is 14.6. The van der Waals surface area contributed by atoms with E-state index in [-0.39, 0.29) is 12.0 Å². The monoisotopic (exact) mass is 327 g/mol. The number of rotatable bonds is 1. The number of benzene rings is 1. The highest BCUT2D eigenvalue weighted by Gasteiger charge is 2.28. The van der Waals surface area contributed by atoms with Crippen LogP contribution in [0.25, 0.3) is 10.9 Å². The van der Waals surface area contributed by atoms with E-state index in [2.05, 4.69) is 0 Å². The van der Waals surface area contributed by atoms with E-state index in [0.29, 0.717) is 13.1 Å². The van der Waals surface area contributed by atoms with Gasteiger partial charge in [0, 0.05) is 24.4 Å². The molecule has 1 amide bonds. The van der Waals surface area contributed by atoms with Gasteiger partial charge in [0.2, 0.25) is 0 Å². The fourth-order valence-corrected chi connectivity index (χ4v) is 3.14. The van der Waals surface area contributed by atoms with Gasteiger partial charge in [0.25, 0.3) is 0 Å². The summed E-state index contributed by atoms with van der Waals surface area (Å²) in [5, 5.41) is 1.06. The number of carbonyl (C=O) groups is 1. The van der Waals surface area contributed by atoms with Gasteiger partial charge in [-0.1, -0.05) is 18.2 Å². The highest BCUT2D eigenvalue weighted by molar-refractivity contribution is 5.82. The van der Waals surface area contributed by atoms with Gasteiger partial charge >= 0.3 is 6.09 Å². The Kier molecular flexibility index (Phi) is 4.35. The molecule has 2 N–H and O–H groups in total. The van der Waals surface area contributed by atoms with Gasteiger partial charge in [-0.3, -0.25) is 4.98 Å². The molecule has 1 aromatic heterocycles. The molecule has 1 aromatic carbocycles. The topological polar surface area (TPSA) is 68.5 Å². The Morgan fingerprint density at radius 3 is 2.58 bits per heavy atom. The summed E-state index contributed by atoms with van der Waals surface area (Å²) in [4.78, 5) is 18.7. The predicted octanol–water partition coefficient (Wildman–Crippen LogP) is 3.93. The van der Waals surface area contributed by atoms with Crippen LogP contribution in [0.15, 0.2) is 30.3 Å². The van der Waals surface area contributed by atoms with Crippen LogP contribution in [0.2, 0.25) is 0 Å². The molecule has 24 heavy (non-hydrogen) atoms. The molecule has 0 aliphatic carbocycles. The predicted molar refractivity (Wildman–Crippen MR) is 95.9 cm³/mol. The zero-order valence-corrected chi connectivity index (χ0v) is 14.6. The standard InChI is InChI=1S/C19H25N3O2/c1-19(2,3)24-18(23)22-10-8-13(9-11-22)17-15(20)12-14-6-4-5-7-16(14)21-17/h4-7,12-13H,8-11,20H2,1-3H3. The first kappa shape index (κ1) is 16.6. The average Bonchev–Trinajstić information content (AvgIpc) is 2.53. The third-order valence-corrected chi connectivity index (χ3v) is 4.32. The van der Waals surface area contributed by atoms with E-state index >= 15 is 0 Å². The molecule has 0 atom stereocenters. The Hall–Kier alpha value is -2.30. The maximum absolute atomic E-state index is 12.2. The molecule has 5 nitrogen and oxygen atoms in total. The van der Waals surface area contributed by atoms with Crippen LogP contribution in [0.3, 0.4) is 0 Å². The lowest BCUT2D eigenvalue weighted by Gasteiger charge is -2.33. The van der Waals surface area contributed by atoms with E-state index in [9.17, 15) is 4.79 Å². The van der Waals surface area contributed by atoms with Crippen molar-refractivity contribution in [2.45, 2.75) is 45.1 Å². The van der Waals surface area contributed by atoms with Crippen molar-refractivity contribution in [2.75, 3.05) is 18.8 Å². The number of aromatic nitrogens is 1. The van der Waals surface area contributed by atoms with E-state index in [4.69, 9.17) is 15.5 Å². The van der Waals surface area contributed by atoms with E-state index in [1.807, 2.05) is 51.1 Å². The van der Waals surface area contributed by atoms with Crippen LogP contribution in [0.1, 0.15) is 45.2 Å². The number of fused-ring (bicyclic) bond motifs is 1. The van der Waals surface area contributed by atoms with Crippen molar-refractivity contribution >= 4 is 22.7 Å². The van der Waals surface area contributed by atoms with E-state index in [1.165, 1.54) is 0 Å². The molecule has 2 heterocycles. The van der Waals surface area contributed by atoms with Crippen molar-refractivity contribution in [3.8, 4) is 0 Å². The molecule has 0 spiro atoms. The second-order valence-electron chi connectivity index (χ2n) is 7.40. The highest BCUT2D eigenvalue weighted by Crippen LogP contribution is 2.32. The summed E-state index contributed by atoms with van der Waals surface area (Å²) in [7, 11) is 0. The number of pyridine rings is 1. The zero-order chi connectivity index (χ0) is 17.3. The molecule has 5 heteroatoms. The lowest BCUT2D eigenvalue weighted by atomic mass is 9.92. The molecule has 128 valence electrons. The van der Waals surface area contributed by atoms with Crippen LogP contribution in [-0.2, 0) is 4.74 Å². The molecule has 0 saturated carbocycles. The van der Waals surface area contributed by atoms with Crippen molar-refractivity contribution in [3.63, 3.8) is 0 Å². The number of anilines is 1. The number of hydrogen-bond donors (Lipinski definition) is 1. The first-order valence-electron chi connectivity index (χ1n) is 8.46. The number of nitrogens with zero attached hydrogens (tertiary/aromatic N) is 2. The number of likely N-dealkylation sites (tertiary alicyclic amines) is 1. The van der Waals surface area contributed by atoms with Gasteiger partial charge in [0.15, 0.2) is 0 Å². The Morgan fingerprint density at radius 1 is 1.25 bits per heavy atom. The van der Waals surface area contributed by atoms with E-state index < -0.39 is 5.60 Å². The number of para-hydroxylation sites is 1. The van der Waals surface area contributed by atoms with Crippen molar-refractivity contribution in [3.05, 3.63) is 36.0 Å². The lowest BCUT2D eigenvalue weighted by Crippen LogP contribution is -2.41. The summed E-state index contributed by atoms with van der Waals surface area (Å²) in [6.07, 6.45) is 1.48. The molecule has 3 rings (SSSR count). The highest BCUT2D eigenvalue weighted by atomic mass is 16.6. The summed E-state index contributed by atoms with van der Waals surface area (Å²) in [5.74, 6) is 0.285. The molecule has 0 radical (unpaired) electrons. The number of ether oxygens (including phenoxy) is 1. The Morgan fingerprint density at radius 2 is 1.92 bits per heavy atom. The van der Waals surface area contributed by atoms with Crippen molar-refractivity contribution < 1.29 is 9.53 Å². The largest absolute Gasteiger partial charge is 0.444 e. The first-order valence-corrected chi connectivity index (χ1v) is 8.46. The summed E-state index contributed by atoms with van der Waals surface area (Å²) in [6.45, 7) is 7.01. The second-order valence-corrected chi connectivity index (χ2v) is 7.40. The number of amides is 1. The average molecular weight is 327 g/mol. The van der Waals surface area contributed by atoms with Gasteiger partial charge in [0.1, 0.15) is 5.60 Å². The Bertz CT molecular complexity index is 744. The number of carbonyl (C=O) groups excluding carboxylic acids is 1. The van der Waals surface area contributed by atoms with Crippen LogP contribution in [0.5, 0.6) is 0 Å². The third kappa shape index (κ3) is 3.61.